The first-order valence-electron chi connectivity index (χ1n) is 8.67. The summed E-state index contributed by atoms with van der Waals surface area (Å²) in [5.74, 6) is 3.92. The molecule has 2 heteroatoms. The maximum absolute atomic E-state index is 2.48. The molecule has 20 heavy (non-hydrogen) atoms. The van der Waals surface area contributed by atoms with Gasteiger partial charge in [-0.1, -0.05) is 27.7 Å². The van der Waals surface area contributed by atoms with Gasteiger partial charge in [-0.3, -0.25) is 0 Å². The van der Waals surface area contributed by atoms with Crippen LogP contribution in [-0.2, 0) is 0 Å². The van der Waals surface area contributed by atoms with Crippen molar-refractivity contribution in [3.63, 3.8) is 0 Å². The quantitative estimate of drug-likeness (QED) is 0.765. The Hall–Kier alpha value is -0.0800. The van der Waals surface area contributed by atoms with Crippen molar-refractivity contribution < 1.29 is 0 Å². The molecule has 0 aromatic heterocycles. The molecule has 4 atom stereocenters. The highest BCUT2D eigenvalue weighted by Crippen LogP contribution is 2.62. The fourth-order valence-electron chi connectivity index (χ4n) is 5.35. The van der Waals surface area contributed by atoms with E-state index < -0.39 is 0 Å². The summed E-state index contributed by atoms with van der Waals surface area (Å²) in [4.78, 5) is 4.96. The van der Waals surface area contributed by atoms with Gasteiger partial charge in [-0.2, -0.15) is 0 Å². The summed E-state index contributed by atoms with van der Waals surface area (Å²) < 4.78 is 0. The Balaban J connectivity index is 0.000000121. The van der Waals surface area contributed by atoms with Gasteiger partial charge in [0.2, 0.25) is 0 Å². The number of rotatable bonds is 2. The third-order valence-corrected chi connectivity index (χ3v) is 7.05. The lowest BCUT2D eigenvalue weighted by atomic mass is 9.92. The second-order valence-corrected chi connectivity index (χ2v) is 8.97. The zero-order valence-electron chi connectivity index (χ0n) is 14.4. The van der Waals surface area contributed by atoms with Gasteiger partial charge < -0.3 is 9.80 Å². The second kappa shape index (κ2) is 4.71. The number of nitrogens with zero attached hydrogens (tertiary/aromatic N) is 2. The summed E-state index contributed by atoms with van der Waals surface area (Å²) in [7, 11) is 4.49. The monoisotopic (exact) mass is 278 g/mol. The van der Waals surface area contributed by atoms with Gasteiger partial charge in [-0.05, 0) is 61.4 Å². The molecule has 0 N–H and O–H groups in total. The average molecular weight is 278 g/mol. The largest absolute Gasteiger partial charge is 0.305 e. The van der Waals surface area contributed by atoms with Crippen molar-refractivity contribution >= 4 is 0 Å². The fraction of sp³-hybridized carbons (Fsp3) is 1.00. The van der Waals surface area contributed by atoms with Crippen molar-refractivity contribution in [2.45, 2.75) is 40.5 Å². The first-order valence-corrected chi connectivity index (χ1v) is 8.67. The molecule has 4 aliphatic rings. The van der Waals surface area contributed by atoms with Gasteiger partial charge in [0.05, 0.1) is 0 Å². The van der Waals surface area contributed by atoms with Gasteiger partial charge in [0.1, 0.15) is 0 Å². The van der Waals surface area contributed by atoms with E-state index >= 15 is 0 Å². The molecule has 0 amide bonds. The highest BCUT2D eigenvalue weighted by molar-refractivity contribution is 5.11. The van der Waals surface area contributed by atoms with Crippen molar-refractivity contribution in [1.82, 2.24) is 9.80 Å². The van der Waals surface area contributed by atoms with Crippen molar-refractivity contribution in [2.24, 2.45) is 34.5 Å². The zero-order valence-corrected chi connectivity index (χ0v) is 14.4. The smallest absolute Gasteiger partial charge is 0.00407 e. The molecule has 2 heterocycles. The van der Waals surface area contributed by atoms with E-state index in [2.05, 4.69) is 51.6 Å². The summed E-state index contributed by atoms with van der Waals surface area (Å²) in [5.41, 5.74) is 1.52. The van der Waals surface area contributed by atoms with E-state index in [1.54, 1.807) is 0 Å². The average Bonchev–Trinajstić information content (AvgIpc) is 3.13. The van der Waals surface area contributed by atoms with Crippen molar-refractivity contribution in [1.29, 1.82) is 0 Å². The molecule has 0 unspecified atom stereocenters. The van der Waals surface area contributed by atoms with Gasteiger partial charge in [0.25, 0.3) is 0 Å². The van der Waals surface area contributed by atoms with E-state index in [4.69, 9.17) is 0 Å². The minimum absolute atomic E-state index is 0.759. The van der Waals surface area contributed by atoms with Crippen LogP contribution in [0.15, 0.2) is 0 Å². The summed E-state index contributed by atoms with van der Waals surface area (Å²) in [6, 6.07) is 0. The number of piperidine rings is 2. The van der Waals surface area contributed by atoms with Crippen LogP contribution in [0.5, 0.6) is 0 Å². The standard InChI is InChI=1S/2C9H17N/c2*1-7(2)9-4-8(9)5-10(3)6-9/h2*7-8H,4-6H2,1-3H3/t8-,9+;8-,9-/m00/s1. The molecule has 4 rings (SSSR count). The number of likely N-dealkylation sites (tertiary alicyclic amines) is 2. The minimum Gasteiger partial charge on any atom is -0.305 e. The molecule has 2 aliphatic heterocycles. The molecule has 0 aromatic carbocycles. The molecule has 116 valence electrons. The minimum atomic E-state index is 0.759. The van der Waals surface area contributed by atoms with Crippen LogP contribution in [0, 0.1) is 34.5 Å². The van der Waals surface area contributed by atoms with Crippen LogP contribution in [0.4, 0.5) is 0 Å². The summed E-state index contributed by atoms with van der Waals surface area (Å²) in [5, 5.41) is 0. The number of hydrogen-bond donors (Lipinski definition) is 0. The molecule has 0 radical (unpaired) electrons. The van der Waals surface area contributed by atoms with Gasteiger partial charge in [0, 0.05) is 26.2 Å². The maximum atomic E-state index is 2.48. The molecule has 0 spiro atoms. The van der Waals surface area contributed by atoms with Gasteiger partial charge in [-0.15, -0.1) is 0 Å². The normalized spacial score (nSPS) is 46.2. The Labute approximate surface area is 125 Å². The van der Waals surface area contributed by atoms with Crippen LogP contribution < -0.4 is 0 Å². The molecule has 2 saturated heterocycles. The number of fused-ring (bicyclic) bond motifs is 2. The predicted molar refractivity (Wildman–Crippen MR) is 85.8 cm³/mol. The van der Waals surface area contributed by atoms with E-state index in [-0.39, 0.29) is 0 Å². The summed E-state index contributed by atoms with van der Waals surface area (Å²) >= 11 is 0. The van der Waals surface area contributed by atoms with E-state index in [1.807, 2.05) is 0 Å². The Morgan fingerprint density at radius 1 is 0.750 bits per heavy atom. The Morgan fingerprint density at radius 3 is 1.25 bits per heavy atom. The van der Waals surface area contributed by atoms with Crippen LogP contribution in [0.1, 0.15) is 40.5 Å². The predicted octanol–water partition coefficient (Wildman–Crippen LogP) is 3.19. The SMILES string of the molecule is CC(C)[C@@]12C[C@H]1CN(C)C2.CC(C)[C@]12C[C@H]1CN(C)C2. The van der Waals surface area contributed by atoms with E-state index in [1.165, 1.54) is 39.0 Å². The van der Waals surface area contributed by atoms with Crippen LogP contribution in [0.3, 0.4) is 0 Å². The lowest BCUT2D eigenvalue weighted by molar-refractivity contribution is 0.286. The van der Waals surface area contributed by atoms with Crippen LogP contribution in [0.2, 0.25) is 0 Å². The molecule has 2 saturated carbocycles. The second-order valence-electron chi connectivity index (χ2n) is 8.97. The van der Waals surface area contributed by atoms with Crippen LogP contribution >= 0.6 is 0 Å². The molecule has 2 nitrogen and oxygen atoms in total. The molecular weight excluding hydrogens is 244 g/mol. The van der Waals surface area contributed by atoms with Gasteiger partial charge in [-0.25, -0.2) is 0 Å². The van der Waals surface area contributed by atoms with E-state index in [0.29, 0.717) is 0 Å². The third kappa shape index (κ3) is 2.23. The molecule has 0 bridgehead atoms. The first kappa shape index (κ1) is 14.8. The molecule has 4 fully saturated rings. The van der Waals surface area contributed by atoms with E-state index in [0.717, 1.165) is 34.5 Å². The lowest BCUT2D eigenvalue weighted by Gasteiger charge is -2.19. The van der Waals surface area contributed by atoms with Gasteiger partial charge >= 0.3 is 0 Å². The fourth-order valence-corrected chi connectivity index (χ4v) is 5.35. The Bertz CT molecular complexity index is 342. The van der Waals surface area contributed by atoms with Crippen molar-refractivity contribution in [3.8, 4) is 0 Å². The van der Waals surface area contributed by atoms with Crippen LogP contribution in [0.25, 0.3) is 0 Å². The molecule has 2 aliphatic carbocycles. The topological polar surface area (TPSA) is 6.48 Å². The van der Waals surface area contributed by atoms with Gasteiger partial charge in [0.15, 0.2) is 0 Å². The Kier molecular flexibility index (Phi) is 3.49. The third-order valence-electron chi connectivity index (χ3n) is 7.05. The van der Waals surface area contributed by atoms with Crippen molar-refractivity contribution in [3.05, 3.63) is 0 Å². The highest BCUT2D eigenvalue weighted by atomic mass is 15.2. The number of hydrogen-bond acceptors (Lipinski definition) is 2. The highest BCUT2D eigenvalue weighted by Gasteiger charge is 2.60. The maximum Gasteiger partial charge on any atom is 0.00407 e. The molecular formula is C18H34N2. The van der Waals surface area contributed by atoms with E-state index in [9.17, 15) is 0 Å². The lowest BCUT2D eigenvalue weighted by Crippen LogP contribution is -2.22. The van der Waals surface area contributed by atoms with Crippen molar-refractivity contribution in [2.75, 3.05) is 40.3 Å². The summed E-state index contributed by atoms with van der Waals surface area (Å²) in [6.45, 7) is 14.9. The molecule has 0 aromatic rings. The van der Waals surface area contributed by atoms with Crippen LogP contribution in [-0.4, -0.2) is 50.1 Å². The first-order chi connectivity index (χ1) is 9.30. The Morgan fingerprint density at radius 2 is 1.10 bits per heavy atom. The zero-order chi connectivity index (χ0) is 14.7. The summed E-state index contributed by atoms with van der Waals surface area (Å²) in [6.07, 6.45) is 3.02.